The van der Waals surface area contributed by atoms with Crippen molar-refractivity contribution in [3.8, 4) is 0 Å². The summed E-state index contributed by atoms with van der Waals surface area (Å²) in [4.78, 5) is 28.4. The van der Waals surface area contributed by atoms with Crippen LogP contribution in [0.2, 0.25) is 0 Å². The van der Waals surface area contributed by atoms with Crippen molar-refractivity contribution >= 4 is 28.9 Å². The Labute approximate surface area is 246 Å². The summed E-state index contributed by atoms with van der Waals surface area (Å²) in [5.74, 6) is -0.527. The maximum absolute atomic E-state index is 12.7. The standard InChI is InChI=1S/C31H45NO8S/c1-3-5-6-10-25(34)20-11-13-22(14-12-20)32-21(15-18-28(32)36)8-7-9-23-16-17-27(41-23)31(39)40-19-26(35)30(38)29(37)24(33)4-2/h11-14,16-17,21,24-26,29-30,33-35,37-38H,3-10,15,18-19H2,1-2H3/t21-,24+,25-,26+,29+,30-/m0/s1. The van der Waals surface area contributed by atoms with Crippen molar-refractivity contribution in [1.29, 1.82) is 0 Å². The molecule has 0 bridgehead atoms. The van der Waals surface area contributed by atoms with Gasteiger partial charge in [-0.1, -0.05) is 45.2 Å². The molecule has 1 aromatic heterocycles. The lowest BCUT2D eigenvalue weighted by Crippen LogP contribution is -2.46. The van der Waals surface area contributed by atoms with Crippen molar-refractivity contribution in [3.63, 3.8) is 0 Å². The van der Waals surface area contributed by atoms with E-state index in [0.29, 0.717) is 11.3 Å². The second-order valence-electron chi connectivity index (χ2n) is 10.8. The highest BCUT2D eigenvalue weighted by Crippen LogP contribution is 2.31. The number of esters is 1. The molecule has 2 heterocycles. The predicted molar refractivity (Wildman–Crippen MR) is 158 cm³/mol. The first-order chi connectivity index (χ1) is 19.7. The number of hydrogen-bond acceptors (Lipinski definition) is 9. The molecule has 3 rings (SSSR count). The van der Waals surface area contributed by atoms with Gasteiger partial charge in [0.2, 0.25) is 5.91 Å². The summed E-state index contributed by atoms with van der Waals surface area (Å²) < 4.78 is 5.10. The first-order valence-corrected chi connectivity index (χ1v) is 15.6. The molecule has 0 spiro atoms. The van der Waals surface area contributed by atoms with Crippen molar-refractivity contribution in [3.05, 3.63) is 51.7 Å². The average molecular weight is 592 g/mol. The summed E-state index contributed by atoms with van der Waals surface area (Å²) in [6.07, 6.45) is 1.44. The van der Waals surface area contributed by atoms with Crippen molar-refractivity contribution in [2.45, 2.75) is 115 Å². The SMILES string of the molecule is CCCCC[C@H](O)c1ccc(N2C(=O)CC[C@@H]2CCCc2ccc(C(=O)OC[C@@H](O)[C@H](O)[C@H](O)[C@H](O)CC)s2)cc1. The Morgan fingerprint density at radius 1 is 0.976 bits per heavy atom. The summed E-state index contributed by atoms with van der Waals surface area (Å²) in [6.45, 7) is 3.26. The number of ether oxygens (including phenoxy) is 1. The molecule has 1 aromatic carbocycles. The van der Waals surface area contributed by atoms with E-state index in [0.717, 1.165) is 67.5 Å². The molecule has 6 atom stereocenters. The van der Waals surface area contributed by atoms with E-state index < -0.39 is 43.1 Å². The molecule has 5 N–H and O–H groups in total. The van der Waals surface area contributed by atoms with E-state index >= 15 is 0 Å². The molecular formula is C31H45NO8S. The van der Waals surface area contributed by atoms with Crippen LogP contribution in [0.5, 0.6) is 0 Å². The van der Waals surface area contributed by atoms with E-state index in [-0.39, 0.29) is 18.4 Å². The zero-order chi connectivity index (χ0) is 29.9. The lowest BCUT2D eigenvalue weighted by atomic mass is 10.0. The highest BCUT2D eigenvalue weighted by atomic mass is 32.1. The number of carbonyl (C=O) groups excluding carboxylic acids is 2. The maximum Gasteiger partial charge on any atom is 0.348 e. The number of hydrogen-bond donors (Lipinski definition) is 5. The van der Waals surface area contributed by atoms with Gasteiger partial charge in [-0.25, -0.2) is 4.79 Å². The molecule has 2 aromatic rings. The van der Waals surface area contributed by atoms with E-state index in [2.05, 4.69) is 6.92 Å². The maximum atomic E-state index is 12.7. The Bertz CT molecular complexity index is 1090. The third kappa shape index (κ3) is 9.33. The first kappa shape index (κ1) is 33.2. The number of aliphatic hydroxyl groups is 5. The van der Waals surface area contributed by atoms with Crippen molar-refractivity contribution in [2.24, 2.45) is 0 Å². The van der Waals surface area contributed by atoms with Gasteiger partial charge >= 0.3 is 5.97 Å². The molecule has 0 radical (unpaired) electrons. The van der Waals surface area contributed by atoms with Gasteiger partial charge in [-0.2, -0.15) is 0 Å². The highest BCUT2D eigenvalue weighted by Gasteiger charge is 2.32. The fourth-order valence-corrected chi connectivity index (χ4v) is 6.09. The normalized spacial score (nSPS) is 19.1. The summed E-state index contributed by atoms with van der Waals surface area (Å²) in [6, 6.07) is 11.3. The van der Waals surface area contributed by atoms with Gasteiger partial charge in [-0.3, -0.25) is 4.79 Å². The first-order valence-electron chi connectivity index (χ1n) is 14.7. The Morgan fingerprint density at radius 2 is 1.68 bits per heavy atom. The minimum atomic E-state index is -1.64. The number of thiophene rings is 1. The van der Waals surface area contributed by atoms with Crippen LogP contribution in [0.15, 0.2) is 36.4 Å². The molecule has 10 heteroatoms. The second kappa shape index (κ2) is 16.3. The van der Waals surface area contributed by atoms with Gasteiger partial charge in [0.05, 0.1) is 12.2 Å². The third-order valence-corrected chi connectivity index (χ3v) is 8.85. The van der Waals surface area contributed by atoms with Crippen LogP contribution in [0.1, 0.15) is 97.9 Å². The van der Waals surface area contributed by atoms with Gasteiger partial charge in [0.25, 0.3) is 0 Å². The molecule has 228 valence electrons. The van der Waals surface area contributed by atoms with Gasteiger partial charge < -0.3 is 35.2 Å². The quantitative estimate of drug-likeness (QED) is 0.138. The van der Waals surface area contributed by atoms with E-state index in [1.165, 1.54) is 11.3 Å². The molecule has 1 saturated heterocycles. The van der Waals surface area contributed by atoms with Gasteiger partial charge in [0.1, 0.15) is 29.8 Å². The van der Waals surface area contributed by atoms with E-state index in [4.69, 9.17) is 4.74 Å². The second-order valence-corrected chi connectivity index (χ2v) is 12.0. The molecule has 1 amide bonds. The number of nitrogens with zero attached hydrogens (tertiary/aromatic N) is 1. The van der Waals surface area contributed by atoms with Crippen LogP contribution in [0.25, 0.3) is 0 Å². The van der Waals surface area contributed by atoms with Gasteiger partial charge in [0, 0.05) is 23.0 Å². The number of aliphatic hydroxyl groups excluding tert-OH is 5. The van der Waals surface area contributed by atoms with Crippen LogP contribution in [-0.4, -0.2) is 74.5 Å². The summed E-state index contributed by atoms with van der Waals surface area (Å²) in [5, 5.41) is 49.9. The zero-order valence-corrected chi connectivity index (χ0v) is 24.8. The summed E-state index contributed by atoms with van der Waals surface area (Å²) in [5.41, 5.74) is 1.73. The monoisotopic (exact) mass is 591 g/mol. The molecule has 9 nitrogen and oxygen atoms in total. The number of aryl methyl sites for hydroxylation is 1. The fourth-order valence-electron chi connectivity index (χ4n) is 5.14. The van der Waals surface area contributed by atoms with Crippen molar-refractivity contribution in [1.82, 2.24) is 0 Å². The number of benzene rings is 1. The minimum absolute atomic E-state index is 0.0988. The van der Waals surface area contributed by atoms with Gasteiger partial charge in [-0.15, -0.1) is 11.3 Å². The smallest absolute Gasteiger partial charge is 0.348 e. The Kier molecular flexibility index (Phi) is 13.2. The van der Waals surface area contributed by atoms with Crippen LogP contribution in [0.3, 0.4) is 0 Å². The van der Waals surface area contributed by atoms with Crippen LogP contribution in [-0.2, 0) is 16.0 Å². The van der Waals surface area contributed by atoms with Crippen LogP contribution in [0, 0.1) is 0 Å². The van der Waals surface area contributed by atoms with Gasteiger partial charge in [0.15, 0.2) is 0 Å². The molecular weight excluding hydrogens is 546 g/mol. The molecule has 0 unspecified atom stereocenters. The lowest BCUT2D eigenvalue weighted by Gasteiger charge is -2.25. The van der Waals surface area contributed by atoms with Gasteiger partial charge in [-0.05, 0) is 68.4 Å². The van der Waals surface area contributed by atoms with Crippen LogP contribution < -0.4 is 4.90 Å². The van der Waals surface area contributed by atoms with Crippen LogP contribution >= 0.6 is 11.3 Å². The molecule has 41 heavy (non-hydrogen) atoms. The number of carbonyl (C=O) groups is 2. The third-order valence-electron chi connectivity index (χ3n) is 7.73. The fraction of sp³-hybridized carbons (Fsp3) is 0.613. The number of anilines is 1. The molecule has 1 fully saturated rings. The number of rotatable bonds is 17. The zero-order valence-electron chi connectivity index (χ0n) is 24.0. The molecule has 1 aliphatic heterocycles. The average Bonchev–Trinajstić information content (AvgIpc) is 3.61. The van der Waals surface area contributed by atoms with Crippen molar-refractivity contribution in [2.75, 3.05) is 11.5 Å². The van der Waals surface area contributed by atoms with E-state index in [1.807, 2.05) is 35.2 Å². The Balaban J connectivity index is 1.47. The van der Waals surface area contributed by atoms with Crippen molar-refractivity contribution < 1.29 is 39.9 Å². The lowest BCUT2D eigenvalue weighted by molar-refractivity contribution is -0.117. The minimum Gasteiger partial charge on any atom is -0.459 e. The summed E-state index contributed by atoms with van der Waals surface area (Å²) >= 11 is 1.29. The Hall–Kier alpha value is -2.34. The highest BCUT2D eigenvalue weighted by molar-refractivity contribution is 7.13. The molecule has 1 aliphatic rings. The number of unbranched alkanes of at least 4 members (excludes halogenated alkanes) is 2. The largest absolute Gasteiger partial charge is 0.459 e. The molecule has 0 aliphatic carbocycles. The predicted octanol–water partition coefficient (Wildman–Crippen LogP) is 3.89. The Morgan fingerprint density at radius 3 is 2.37 bits per heavy atom. The number of amides is 1. The van der Waals surface area contributed by atoms with Crippen LogP contribution in [0.4, 0.5) is 5.69 Å². The topological polar surface area (TPSA) is 148 Å². The van der Waals surface area contributed by atoms with E-state index in [9.17, 15) is 35.1 Å². The molecule has 0 saturated carbocycles. The summed E-state index contributed by atoms with van der Waals surface area (Å²) in [7, 11) is 0. The van der Waals surface area contributed by atoms with E-state index in [1.54, 1.807) is 13.0 Å².